The predicted octanol–water partition coefficient (Wildman–Crippen LogP) is 21.5. The Hall–Kier alpha value is -10.8. The van der Waals surface area contributed by atoms with E-state index in [-0.39, 0.29) is 0 Å². The van der Waals surface area contributed by atoms with Crippen LogP contribution in [0, 0.1) is 13.8 Å². The summed E-state index contributed by atoms with van der Waals surface area (Å²) in [4.78, 5) is 4.70. The van der Waals surface area contributed by atoms with Crippen LogP contribution in [0.1, 0.15) is 11.1 Å². The maximum Gasteiger partial charge on any atom is 0.159 e. The third-order valence-corrected chi connectivity index (χ3v) is 16.9. The molecule has 0 aliphatic carbocycles. The minimum absolute atomic E-state index is 0.858. The van der Waals surface area contributed by atoms with Crippen LogP contribution in [0.5, 0.6) is 0 Å². The van der Waals surface area contributed by atoms with Crippen molar-refractivity contribution >= 4 is 143 Å². The van der Waals surface area contributed by atoms with Crippen molar-refractivity contribution in [1.29, 1.82) is 0 Å². The van der Waals surface area contributed by atoms with E-state index in [0.717, 1.165) is 117 Å². The van der Waals surface area contributed by atoms with Gasteiger partial charge in [-0.2, -0.15) is 0 Å². The molecule has 0 aliphatic heterocycles. The number of benzene rings is 13. The molecule has 0 spiro atoms. The smallest absolute Gasteiger partial charge is 0.159 e. The highest BCUT2D eigenvalue weighted by Gasteiger charge is 2.26. The van der Waals surface area contributed by atoms with Gasteiger partial charge in [-0.3, -0.25) is 0 Å². The summed E-state index contributed by atoms with van der Waals surface area (Å²) < 4.78 is 18.5. The molecule has 0 aliphatic rings. The molecule has 0 radical (unpaired) electrons. The van der Waals surface area contributed by atoms with E-state index in [9.17, 15) is 0 Å². The number of hydrogen-bond acceptors (Lipinski definition) is 4. The van der Waals surface area contributed by atoms with Gasteiger partial charge in [0, 0.05) is 88.0 Å². The number of para-hydroxylation sites is 6. The first-order chi connectivity index (χ1) is 40.5. The average Bonchev–Trinajstić information content (AvgIpc) is 2.04. The van der Waals surface area contributed by atoms with Crippen LogP contribution in [-0.4, -0.2) is 9.13 Å². The first-order valence-electron chi connectivity index (χ1n) is 28.1. The molecule has 17 rings (SSSR count). The zero-order chi connectivity index (χ0) is 54.2. The Morgan fingerprint density at radius 3 is 1.27 bits per heavy atom. The fourth-order valence-corrected chi connectivity index (χ4v) is 13.4. The van der Waals surface area contributed by atoms with Crippen LogP contribution >= 0.6 is 0 Å². The van der Waals surface area contributed by atoms with Gasteiger partial charge in [-0.25, -0.2) is 0 Å². The molecule has 17 aromatic rings. The highest BCUT2D eigenvalue weighted by Crippen LogP contribution is 2.49. The molecule has 0 bridgehead atoms. The standard InChI is InChI=1S/C76H50N4O2/c1-47-17-13-23-53(43-47)77(67-29-15-27-63-59-25-9-11-31-69(59)81-75(63)67)55-35-39-57-49(45-55)33-37-61-62-41-42-66-71(74(62)80(72(57)61)52-21-7-4-8-22-52)65-38-34-50-46-56(36-40-58(50)73(65)79(66)51-19-5-3-6-20-51)78(54-24-14-18-48(2)44-54)68-30-16-28-64-60-26-10-12-32-70(60)82-76(64)68/h3-46H,1-2H3. The fraction of sp³-hybridized carbons (Fsp3) is 0.0263. The van der Waals surface area contributed by atoms with Gasteiger partial charge in [0.2, 0.25) is 0 Å². The minimum Gasteiger partial charge on any atom is -0.454 e. The number of furan rings is 2. The third-order valence-electron chi connectivity index (χ3n) is 16.9. The summed E-state index contributed by atoms with van der Waals surface area (Å²) in [6, 6.07) is 96.8. The zero-order valence-electron chi connectivity index (χ0n) is 45.0. The Balaban J connectivity index is 0.909. The lowest BCUT2D eigenvalue weighted by atomic mass is 10.0. The fourth-order valence-electron chi connectivity index (χ4n) is 13.4. The molecule has 0 saturated carbocycles. The lowest BCUT2D eigenvalue weighted by Gasteiger charge is -2.26. The van der Waals surface area contributed by atoms with Crippen molar-refractivity contribution < 1.29 is 8.83 Å². The Morgan fingerprint density at radius 2 is 0.720 bits per heavy atom. The first kappa shape index (κ1) is 46.1. The van der Waals surface area contributed by atoms with Crippen LogP contribution < -0.4 is 9.80 Å². The van der Waals surface area contributed by atoms with E-state index in [1.165, 1.54) is 49.1 Å². The van der Waals surface area contributed by atoms with E-state index in [2.05, 4.69) is 288 Å². The van der Waals surface area contributed by atoms with Crippen molar-refractivity contribution in [2.24, 2.45) is 0 Å². The predicted molar refractivity (Wildman–Crippen MR) is 344 cm³/mol. The topological polar surface area (TPSA) is 42.6 Å². The second kappa shape index (κ2) is 17.8. The van der Waals surface area contributed by atoms with Gasteiger partial charge >= 0.3 is 0 Å². The summed E-state index contributed by atoms with van der Waals surface area (Å²) in [6.07, 6.45) is 0. The summed E-state index contributed by atoms with van der Waals surface area (Å²) in [6.45, 7) is 4.31. The molecule has 4 heterocycles. The zero-order valence-corrected chi connectivity index (χ0v) is 45.0. The SMILES string of the molecule is Cc1cccc(N(c2ccc3c(ccc4c5c(ccc6c7ccc8cc(N(c9cccc(C)c9)c9cccc%10c9oc9ccccc9%10)ccc8c7n(-c7ccccc7)c65)n(-c5ccccc5)c34)c2)c2cccc3c2oc2ccccc23)c1. The van der Waals surface area contributed by atoms with Gasteiger partial charge in [0.15, 0.2) is 11.2 Å². The van der Waals surface area contributed by atoms with Gasteiger partial charge in [-0.15, -0.1) is 0 Å². The van der Waals surface area contributed by atoms with Gasteiger partial charge in [-0.1, -0.05) is 164 Å². The van der Waals surface area contributed by atoms with Gasteiger partial charge in [0.25, 0.3) is 0 Å². The molecule has 0 N–H and O–H groups in total. The molecule has 386 valence electrons. The summed E-state index contributed by atoms with van der Waals surface area (Å²) >= 11 is 0. The molecule has 4 aromatic heterocycles. The molecule has 6 heteroatoms. The molecule has 82 heavy (non-hydrogen) atoms. The van der Waals surface area contributed by atoms with Crippen molar-refractivity contribution in [2.75, 3.05) is 9.80 Å². The van der Waals surface area contributed by atoms with Gasteiger partial charge < -0.3 is 27.8 Å². The molecule has 0 unspecified atom stereocenters. The molecular formula is C76H50N4O2. The lowest BCUT2D eigenvalue weighted by molar-refractivity contribution is 0.668. The normalized spacial score (nSPS) is 12.0. The number of rotatable bonds is 8. The van der Waals surface area contributed by atoms with E-state index >= 15 is 0 Å². The number of aryl methyl sites for hydroxylation is 2. The number of anilines is 6. The molecule has 0 saturated heterocycles. The average molecular weight is 1050 g/mol. The van der Waals surface area contributed by atoms with Crippen LogP contribution in [0.3, 0.4) is 0 Å². The summed E-state index contributed by atoms with van der Waals surface area (Å²) in [5, 5.41) is 13.8. The number of nitrogens with zero attached hydrogens (tertiary/aromatic N) is 4. The van der Waals surface area contributed by atoms with Gasteiger partial charge in [-0.05, 0) is 139 Å². The second-order valence-corrected chi connectivity index (χ2v) is 21.8. The van der Waals surface area contributed by atoms with Gasteiger partial charge in [0.1, 0.15) is 11.2 Å². The Bertz CT molecular complexity index is 5450. The Morgan fingerprint density at radius 1 is 0.293 bits per heavy atom. The third kappa shape index (κ3) is 6.88. The van der Waals surface area contributed by atoms with Crippen molar-refractivity contribution in [2.45, 2.75) is 13.8 Å². The summed E-state index contributed by atoms with van der Waals surface area (Å²) in [5.74, 6) is 0. The number of aromatic nitrogens is 2. The molecule has 0 fully saturated rings. The largest absolute Gasteiger partial charge is 0.454 e. The number of fused-ring (bicyclic) bond motifs is 17. The van der Waals surface area contributed by atoms with Crippen LogP contribution in [0.4, 0.5) is 34.1 Å². The Labute approximate surface area is 471 Å². The van der Waals surface area contributed by atoms with E-state index in [1.807, 2.05) is 12.1 Å². The second-order valence-electron chi connectivity index (χ2n) is 21.8. The highest BCUT2D eigenvalue weighted by molar-refractivity contribution is 6.31. The van der Waals surface area contributed by atoms with E-state index < -0.39 is 0 Å². The maximum absolute atomic E-state index is 6.72. The highest BCUT2D eigenvalue weighted by atomic mass is 16.3. The molecule has 0 amide bonds. The Kier molecular flexibility index (Phi) is 10.0. The monoisotopic (exact) mass is 1050 g/mol. The van der Waals surface area contributed by atoms with Crippen molar-refractivity contribution in [1.82, 2.24) is 9.13 Å². The number of hydrogen-bond donors (Lipinski definition) is 0. The van der Waals surface area contributed by atoms with Crippen LogP contribution in [0.15, 0.2) is 276 Å². The summed E-state index contributed by atoms with van der Waals surface area (Å²) in [7, 11) is 0. The molecule has 13 aromatic carbocycles. The van der Waals surface area contributed by atoms with Crippen molar-refractivity contribution in [3.05, 3.63) is 278 Å². The molecule has 6 nitrogen and oxygen atoms in total. The lowest BCUT2D eigenvalue weighted by Crippen LogP contribution is -2.10. The minimum atomic E-state index is 0.858. The van der Waals surface area contributed by atoms with Crippen molar-refractivity contribution in [3.8, 4) is 11.4 Å². The molecular weight excluding hydrogens is 1000 g/mol. The molecule has 0 atom stereocenters. The van der Waals surface area contributed by atoms with E-state index in [4.69, 9.17) is 8.83 Å². The van der Waals surface area contributed by atoms with Gasteiger partial charge in [0.05, 0.1) is 33.4 Å². The summed E-state index contributed by atoms with van der Waals surface area (Å²) in [5.41, 5.74) is 18.9. The maximum atomic E-state index is 6.72. The van der Waals surface area contributed by atoms with Crippen LogP contribution in [-0.2, 0) is 0 Å². The first-order valence-corrected chi connectivity index (χ1v) is 28.1. The van der Waals surface area contributed by atoms with Crippen molar-refractivity contribution in [3.63, 3.8) is 0 Å². The van der Waals surface area contributed by atoms with Crippen LogP contribution in [0.25, 0.3) is 120 Å². The van der Waals surface area contributed by atoms with E-state index in [1.54, 1.807) is 0 Å². The quantitative estimate of drug-likeness (QED) is 0.152. The van der Waals surface area contributed by atoms with E-state index in [0.29, 0.717) is 0 Å². The van der Waals surface area contributed by atoms with Crippen LogP contribution in [0.2, 0.25) is 0 Å².